The second-order valence-electron chi connectivity index (χ2n) is 6.12. The summed E-state index contributed by atoms with van der Waals surface area (Å²) < 4.78 is 0. The summed E-state index contributed by atoms with van der Waals surface area (Å²) in [7, 11) is 0. The SMILES string of the molecule is NC(=O)c1ccc(CCCN(CCO)C[C@@H](O)c2ccccc2)cc1. The van der Waals surface area contributed by atoms with Gasteiger partial charge < -0.3 is 15.9 Å². The van der Waals surface area contributed by atoms with Crippen LogP contribution >= 0.6 is 0 Å². The summed E-state index contributed by atoms with van der Waals surface area (Å²) in [6, 6.07) is 16.8. The average Bonchev–Trinajstić information content (AvgIpc) is 2.63. The largest absolute Gasteiger partial charge is 0.395 e. The van der Waals surface area contributed by atoms with Crippen LogP contribution in [0.5, 0.6) is 0 Å². The summed E-state index contributed by atoms with van der Waals surface area (Å²) in [5.74, 6) is -0.421. The fourth-order valence-electron chi connectivity index (χ4n) is 2.80. The molecule has 2 aromatic rings. The molecule has 0 aliphatic rings. The number of aliphatic hydroxyl groups excluding tert-OH is 2. The molecule has 2 rings (SSSR count). The van der Waals surface area contributed by atoms with Crippen LogP contribution in [0, 0.1) is 0 Å². The maximum absolute atomic E-state index is 11.1. The van der Waals surface area contributed by atoms with Crippen LogP contribution < -0.4 is 5.73 Å². The van der Waals surface area contributed by atoms with Crippen LogP contribution in [0.1, 0.15) is 34.0 Å². The lowest BCUT2D eigenvalue weighted by molar-refractivity contribution is 0.0989. The molecule has 1 atom stereocenters. The van der Waals surface area contributed by atoms with Crippen LogP contribution in [-0.2, 0) is 6.42 Å². The molecule has 4 N–H and O–H groups in total. The van der Waals surface area contributed by atoms with Crippen molar-refractivity contribution in [3.05, 3.63) is 71.3 Å². The smallest absolute Gasteiger partial charge is 0.248 e. The van der Waals surface area contributed by atoms with Gasteiger partial charge in [0.1, 0.15) is 0 Å². The van der Waals surface area contributed by atoms with Gasteiger partial charge in [-0.05, 0) is 42.6 Å². The van der Waals surface area contributed by atoms with E-state index in [0.717, 1.165) is 30.5 Å². The van der Waals surface area contributed by atoms with Gasteiger partial charge in [0, 0.05) is 18.7 Å². The summed E-state index contributed by atoms with van der Waals surface area (Å²) in [5.41, 5.74) is 7.77. The van der Waals surface area contributed by atoms with Crippen LogP contribution in [0.2, 0.25) is 0 Å². The van der Waals surface area contributed by atoms with Crippen molar-refractivity contribution in [2.24, 2.45) is 5.73 Å². The molecule has 134 valence electrons. The van der Waals surface area contributed by atoms with Crippen molar-refractivity contribution < 1.29 is 15.0 Å². The van der Waals surface area contributed by atoms with Gasteiger partial charge in [0.05, 0.1) is 12.7 Å². The maximum Gasteiger partial charge on any atom is 0.248 e. The topological polar surface area (TPSA) is 86.8 Å². The number of rotatable bonds is 10. The molecule has 0 heterocycles. The Balaban J connectivity index is 1.83. The first kappa shape index (κ1) is 19.1. The van der Waals surface area contributed by atoms with Crippen LogP contribution in [0.25, 0.3) is 0 Å². The number of benzene rings is 2. The molecule has 5 nitrogen and oxygen atoms in total. The molecular weight excluding hydrogens is 316 g/mol. The van der Waals surface area contributed by atoms with E-state index >= 15 is 0 Å². The number of nitrogens with two attached hydrogens (primary N) is 1. The lowest BCUT2D eigenvalue weighted by atomic mass is 10.1. The Morgan fingerprint density at radius 2 is 1.72 bits per heavy atom. The predicted octanol–water partition coefficient (Wildman–Crippen LogP) is 1.75. The maximum atomic E-state index is 11.1. The van der Waals surface area contributed by atoms with Gasteiger partial charge in [0.2, 0.25) is 5.91 Å². The molecule has 0 spiro atoms. The third-order valence-corrected chi connectivity index (χ3v) is 4.21. The Kier molecular flexibility index (Phi) is 7.60. The van der Waals surface area contributed by atoms with Crippen molar-refractivity contribution in [3.8, 4) is 0 Å². The highest BCUT2D eigenvalue weighted by Crippen LogP contribution is 2.14. The number of aliphatic hydroxyl groups is 2. The Labute approximate surface area is 148 Å². The van der Waals surface area contributed by atoms with Crippen molar-refractivity contribution in [2.45, 2.75) is 18.9 Å². The Morgan fingerprint density at radius 1 is 1.04 bits per heavy atom. The molecular formula is C20H26N2O3. The first-order valence-electron chi connectivity index (χ1n) is 8.55. The number of hydrogen-bond acceptors (Lipinski definition) is 4. The molecule has 0 aromatic heterocycles. The van der Waals surface area contributed by atoms with E-state index in [9.17, 15) is 15.0 Å². The van der Waals surface area contributed by atoms with Crippen LogP contribution in [0.15, 0.2) is 54.6 Å². The molecule has 5 heteroatoms. The standard InChI is InChI=1S/C20H26N2O3/c21-20(25)18-10-8-16(9-11-18)5-4-12-22(13-14-23)15-19(24)17-6-2-1-3-7-17/h1-3,6-11,19,23-24H,4-5,12-15H2,(H2,21,25)/t19-/m1/s1. The molecule has 0 aliphatic carbocycles. The fraction of sp³-hybridized carbons (Fsp3) is 0.350. The summed E-state index contributed by atoms with van der Waals surface area (Å²) in [6.07, 6.45) is 1.20. The monoisotopic (exact) mass is 342 g/mol. The van der Waals surface area contributed by atoms with E-state index in [1.54, 1.807) is 12.1 Å². The van der Waals surface area contributed by atoms with E-state index in [1.807, 2.05) is 42.5 Å². The molecule has 0 saturated heterocycles. The number of aryl methyl sites for hydroxylation is 1. The number of hydrogen-bond donors (Lipinski definition) is 3. The normalized spacial score (nSPS) is 12.3. The van der Waals surface area contributed by atoms with Gasteiger partial charge in [-0.1, -0.05) is 42.5 Å². The summed E-state index contributed by atoms with van der Waals surface area (Å²) in [4.78, 5) is 13.1. The molecule has 1 amide bonds. The van der Waals surface area contributed by atoms with E-state index in [1.165, 1.54) is 0 Å². The lowest BCUT2D eigenvalue weighted by Crippen LogP contribution is -2.32. The Morgan fingerprint density at radius 3 is 2.32 bits per heavy atom. The highest BCUT2D eigenvalue weighted by Gasteiger charge is 2.13. The Bertz CT molecular complexity index is 644. The quantitative estimate of drug-likeness (QED) is 0.614. The van der Waals surface area contributed by atoms with Gasteiger partial charge >= 0.3 is 0 Å². The van der Waals surface area contributed by atoms with Crippen molar-refractivity contribution in [2.75, 3.05) is 26.2 Å². The molecule has 25 heavy (non-hydrogen) atoms. The third kappa shape index (κ3) is 6.31. The molecule has 2 aromatic carbocycles. The highest BCUT2D eigenvalue weighted by molar-refractivity contribution is 5.92. The number of amides is 1. The average molecular weight is 342 g/mol. The minimum Gasteiger partial charge on any atom is -0.395 e. The summed E-state index contributed by atoms with van der Waals surface area (Å²) >= 11 is 0. The van der Waals surface area contributed by atoms with E-state index in [4.69, 9.17) is 5.73 Å². The molecule has 0 fully saturated rings. The van der Waals surface area contributed by atoms with Crippen molar-refractivity contribution >= 4 is 5.91 Å². The molecule has 0 unspecified atom stereocenters. The van der Waals surface area contributed by atoms with Gasteiger partial charge in [0.15, 0.2) is 0 Å². The van der Waals surface area contributed by atoms with Crippen LogP contribution in [0.3, 0.4) is 0 Å². The van der Waals surface area contributed by atoms with Crippen molar-refractivity contribution in [1.29, 1.82) is 0 Å². The minimum absolute atomic E-state index is 0.0643. The number of carbonyl (C=O) groups excluding carboxylic acids is 1. The molecule has 0 saturated carbocycles. The van der Waals surface area contributed by atoms with Crippen molar-refractivity contribution in [1.82, 2.24) is 4.90 Å². The second-order valence-corrected chi connectivity index (χ2v) is 6.12. The van der Waals surface area contributed by atoms with E-state index in [0.29, 0.717) is 18.7 Å². The number of primary amides is 1. The zero-order valence-corrected chi connectivity index (χ0v) is 14.3. The summed E-state index contributed by atoms with van der Waals surface area (Å²) in [5, 5.41) is 19.6. The van der Waals surface area contributed by atoms with Gasteiger partial charge in [-0.2, -0.15) is 0 Å². The predicted molar refractivity (Wildman–Crippen MR) is 98.2 cm³/mol. The van der Waals surface area contributed by atoms with E-state index in [2.05, 4.69) is 4.90 Å². The Hall–Kier alpha value is -2.21. The van der Waals surface area contributed by atoms with Gasteiger partial charge in [0.25, 0.3) is 0 Å². The van der Waals surface area contributed by atoms with Crippen LogP contribution in [-0.4, -0.2) is 47.3 Å². The van der Waals surface area contributed by atoms with Crippen molar-refractivity contribution in [3.63, 3.8) is 0 Å². The second kappa shape index (κ2) is 9.93. The third-order valence-electron chi connectivity index (χ3n) is 4.21. The minimum atomic E-state index is -0.567. The lowest BCUT2D eigenvalue weighted by Gasteiger charge is -2.24. The van der Waals surface area contributed by atoms with Gasteiger partial charge in [-0.15, -0.1) is 0 Å². The highest BCUT2D eigenvalue weighted by atomic mass is 16.3. The zero-order valence-electron chi connectivity index (χ0n) is 14.3. The van der Waals surface area contributed by atoms with Crippen LogP contribution in [0.4, 0.5) is 0 Å². The van der Waals surface area contributed by atoms with E-state index in [-0.39, 0.29) is 6.61 Å². The number of nitrogens with zero attached hydrogens (tertiary/aromatic N) is 1. The number of carbonyl (C=O) groups is 1. The zero-order chi connectivity index (χ0) is 18.1. The molecule has 0 bridgehead atoms. The first-order chi connectivity index (χ1) is 12.1. The van der Waals surface area contributed by atoms with E-state index < -0.39 is 12.0 Å². The van der Waals surface area contributed by atoms with Gasteiger partial charge in [-0.3, -0.25) is 9.69 Å². The molecule has 0 aliphatic heterocycles. The first-order valence-corrected chi connectivity index (χ1v) is 8.55. The summed E-state index contributed by atoms with van der Waals surface area (Å²) in [6.45, 7) is 1.87. The molecule has 0 radical (unpaired) electrons. The fourth-order valence-corrected chi connectivity index (χ4v) is 2.80. The van der Waals surface area contributed by atoms with Gasteiger partial charge in [-0.25, -0.2) is 0 Å².